The van der Waals surface area contributed by atoms with Gasteiger partial charge in [-0.05, 0) is 31.2 Å². The Morgan fingerprint density at radius 1 is 0.882 bits per heavy atom. The molecule has 2 aliphatic rings. The van der Waals surface area contributed by atoms with E-state index in [4.69, 9.17) is 4.99 Å². The lowest BCUT2D eigenvalue weighted by Crippen LogP contribution is -2.26. The maximum atomic E-state index is 5.02. The molecule has 0 N–H and O–H groups in total. The average Bonchev–Trinajstić information content (AvgIpc) is 2.37. The van der Waals surface area contributed by atoms with E-state index >= 15 is 0 Å². The van der Waals surface area contributed by atoms with Crippen molar-refractivity contribution in [2.75, 3.05) is 0 Å². The van der Waals surface area contributed by atoms with Gasteiger partial charge in [0.25, 0.3) is 0 Å². The molecule has 0 spiro atoms. The van der Waals surface area contributed by atoms with E-state index in [-0.39, 0.29) is 0 Å². The van der Waals surface area contributed by atoms with E-state index in [1.54, 1.807) is 0 Å². The van der Waals surface area contributed by atoms with E-state index in [0.717, 1.165) is 0 Å². The van der Waals surface area contributed by atoms with Crippen molar-refractivity contribution < 1.29 is 0 Å². The zero-order valence-corrected chi connectivity index (χ0v) is 10.4. The van der Waals surface area contributed by atoms with Crippen LogP contribution in [0.1, 0.15) is 56.4 Å². The lowest BCUT2D eigenvalue weighted by molar-refractivity contribution is 0.439. The summed E-state index contributed by atoms with van der Waals surface area (Å²) in [6.07, 6.45) is 9.38. The molecule has 0 saturated heterocycles. The van der Waals surface area contributed by atoms with Crippen LogP contribution in [0.2, 0.25) is 0 Å². The molecule has 0 amide bonds. The first-order valence-corrected chi connectivity index (χ1v) is 7.05. The first kappa shape index (κ1) is 11.0. The van der Waals surface area contributed by atoms with Crippen molar-refractivity contribution in [1.29, 1.82) is 0 Å². The van der Waals surface area contributed by atoms with Crippen molar-refractivity contribution in [1.82, 2.24) is 0 Å². The van der Waals surface area contributed by atoms with Crippen LogP contribution in [-0.2, 0) is 0 Å². The van der Waals surface area contributed by atoms with Crippen molar-refractivity contribution in [3.63, 3.8) is 0 Å². The fourth-order valence-electron chi connectivity index (χ4n) is 3.06. The minimum absolute atomic E-state index is 0.637. The summed E-state index contributed by atoms with van der Waals surface area (Å²) in [6.45, 7) is 0. The van der Waals surface area contributed by atoms with Crippen LogP contribution in [0, 0.1) is 0 Å². The van der Waals surface area contributed by atoms with Gasteiger partial charge in [-0.3, -0.25) is 4.99 Å². The molecule has 1 nitrogen and oxygen atoms in total. The van der Waals surface area contributed by atoms with Crippen LogP contribution in [0.3, 0.4) is 0 Å². The Kier molecular flexibility index (Phi) is 3.26. The number of aliphatic imine (C=N–C) groups is 1. The monoisotopic (exact) mass is 227 g/mol. The molecule has 1 atom stereocenters. The first-order chi connectivity index (χ1) is 8.43. The van der Waals surface area contributed by atoms with Crippen LogP contribution in [-0.4, -0.2) is 11.8 Å². The van der Waals surface area contributed by atoms with E-state index in [0.29, 0.717) is 12.0 Å². The van der Waals surface area contributed by atoms with E-state index in [9.17, 15) is 0 Å². The quantitative estimate of drug-likeness (QED) is 0.712. The molecular formula is C16H21N. The summed E-state index contributed by atoms with van der Waals surface area (Å²) in [5.41, 5.74) is 2.94. The molecule has 1 aromatic rings. The number of rotatable bonds is 2. The number of hydrogen-bond acceptors (Lipinski definition) is 1. The molecule has 0 aromatic heterocycles. The summed E-state index contributed by atoms with van der Waals surface area (Å²) in [5.74, 6) is 0.637. The molecular weight excluding hydrogens is 206 g/mol. The predicted octanol–water partition coefficient (Wildman–Crippen LogP) is 4.34. The Bertz CT molecular complexity index is 387. The first-order valence-electron chi connectivity index (χ1n) is 7.05. The van der Waals surface area contributed by atoms with E-state index in [1.165, 1.54) is 56.2 Å². The van der Waals surface area contributed by atoms with Gasteiger partial charge in [0.1, 0.15) is 0 Å². The molecule has 1 unspecified atom stereocenters. The molecule has 90 valence electrons. The maximum Gasteiger partial charge on any atom is 0.0499 e. The molecule has 2 saturated carbocycles. The highest BCUT2D eigenvalue weighted by Crippen LogP contribution is 2.35. The van der Waals surface area contributed by atoms with Gasteiger partial charge in [-0.1, -0.05) is 49.6 Å². The summed E-state index contributed by atoms with van der Waals surface area (Å²) in [4.78, 5) is 5.02. The van der Waals surface area contributed by atoms with Crippen molar-refractivity contribution in [3.8, 4) is 0 Å². The summed E-state index contributed by atoms with van der Waals surface area (Å²) < 4.78 is 0. The van der Waals surface area contributed by atoms with Crippen molar-refractivity contribution >= 4 is 5.71 Å². The molecule has 2 fully saturated rings. The molecule has 0 bridgehead atoms. The minimum atomic E-state index is 0.637. The normalized spacial score (nSPS) is 28.0. The molecule has 2 aliphatic carbocycles. The summed E-state index contributed by atoms with van der Waals surface area (Å²) in [7, 11) is 0. The molecule has 17 heavy (non-hydrogen) atoms. The van der Waals surface area contributed by atoms with E-state index in [1.807, 2.05) is 0 Å². The Balaban J connectivity index is 1.70. The largest absolute Gasteiger partial charge is 0.290 e. The lowest BCUT2D eigenvalue weighted by Gasteiger charge is -2.31. The van der Waals surface area contributed by atoms with Crippen LogP contribution in [0.4, 0.5) is 0 Å². The van der Waals surface area contributed by atoms with Crippen molar-refractivity contribution in [3.05, 3.63) is 35.9 Å². The molecule has 0 heterocycles. The molecule has 1 aromatic carbocycles. The van der Waals surface area contributed by atoms with Gasteiger partial charge in [0.05, 0.1) is 0 Å². The van der Waals surface area contributed by atoms with Crippen LogP contribution < -0.4 is 0 Å². The topological polar surface area (TPSA) is 12.4 Å². The third-order valence-electron chi connectivity index (χ3n) is 4.22. The van der Waals surface area contributed by atoms with Crippen LogP contribution in [0.5, 0.6) is 0 Å². The second kappa shape index (κ2) is 5.03. The average molecular weight is 227 g/mol. The van der Waals surface area contributed by atoms with Crippen LogP contribution >= 0.6 is 0 Å². The Morgan fingerprint density at radius 2 is 1.65 bits per heavy atom. The van der Waals surface area contributed by atoms with Gasteiger partial charge in [0, 0.05) is 17.7 Å². The molecule has 0 aliphatic heterocycles. The highest BCUT2D eigenvalue weighted by atomic mass is 14.8. The third kappa shape index (κ3) is 2.43. The highest BCUT2D eigenvalue weighted by molar-refractivity contribution is 5.96. The van der Waals surface area contributed by atoms with Crippen LogP contribution in [0.15, 0.2) is 35.3 Å². The Labute approximate surface area is 104 Å². The van der Waals surface area contributed by atoms with Gasteiger partial charge >= 0.3 is 0 Å². The molecule has 0 radical (unpaired) electrons. The van der Waals surface area contributed by atoms with Gasteiger partial charge in [-0.2, -0.15) is 0 Å². The number of benzene rings is 1. The minimum Gasteiger partial charge on any atom is -0.290 e. The van der Waals surface area contributed by atoms with Gasteiger partial charge in [0.15, 0.2) is 0 Å². The van der Waals surface area contributed by atoms with Gasteiger partial charge in [-0.15, -0.1) is 0 Å². The molecule has 3 rings (SSSR count). The number of nitrogens with zero attached hydrogens (tertiary/aromatic N) is 1. The predicted molar refractivity (Wildman–Crippen MR) is 72.7 cm³/mol. The fourth-order valence-corrected chi connectivity index (χ4v) is 3.06. The van der Waals surface area contributed by atoms with Crippen molar-refractivity contribution in [2.45, 2.75) is 56.9 Å². The fraction of sp³-hybridized carbons (Fsp3) is 0.562. The Morgan fingerprint density at radius 3 is 2.29 bits per heavy atom. The molecule has 1 heteroatoms. The SMILES string of the molecule is c1ccc(C2CCC2=NC2CCCCC2)cc1. The van der Waals surface area contributed by atoms with Gasteiger partial charge < -0.3 is 0 Å². The van der Waals surface area contributed by atoms with E-state index < -0.39 is 0 Å². The third-order valence-corrected chi connectivity index (χ3v) is 4.22. The summed E-state index contributed by atoms with van der Waals surface area (Å²) in [5, 5.41) is 0. The maximum absolute atomic E-state index is 5.02. The van der Waals surface area contributed by atoms with Gasteiger partial charge in [-0.25, -0.2) is 0 Å². The summed E-state index contributed by atoms with van der Waals surface area (Å²) in [6, 6.07) is 11.5. The standard InChI is InChI=1S/C16H21N/c1-3-7-13(8-4-1)15-11-12-16(15)17-14-9-5-2-6-10-14/h1,3-4,7-8,14-15H,2,5-6,9-12H2. The zero-order chi connectivity index (χ0) is 11.5. The second-order valence-corrected chi connectivity index (χ2v) is 5.41. The summed E-state index contributed by atoms with van der Waals surface area (Å²) >= 11 is 0. The highest BCUT2D eigenvalue weighted by Gasteiger charge is 2.28. The number of hydrogen-bond donors (Lipinski definition) is 0. The van der Waals surface area contributed by atoms with Crippen LogP contribution in [0.25, 0.3) is 0 Å². The smallest absolute Gasteiger partial charge is 0.0499 e. The van der Waals surface area contributed by atoms with E-state index in [2.05, 4.69) is 30.3 Å². The lowest BCUT2D eigenvalue weighted by atomic mass is 9.77. The second-order valence-electron chi connectivity index (χ2n) is 5.41. The zero-order valence-electron chi connectivity index (χ0n) is 10.4. The Hall–Kier alpha value is -1.11. The van der Waals surface area contributed by atoms with Gasteiger partial charge in [0.2, 0.25) is 0 Å². The van der Waals surface area contributed by atoms with Crippen molar-refractivity contribution in [2.24, 2.45) is 4.99 Å².